The highest BCUT2D eigenvalue weighted by Crippen LogP contribution is 2.08. The minimum Gasteiger partial charge on any atom is -0.318 e. The quantitative estimate of drug-likeness (QED) is 0.417. The summed E-state index contributed by atoms with van der Waals surface area (Å²) in [6.07, 6.45) is 0. The largest absolute Gasteiger partial charge is 0.331 e. The van der Waals surface area contributed by atoms with Crippen LogP contribution >= 0.6 is 0 Å². The summed E-state index contributed by atoms with van der Waals surface area (Å²) in [5.41, 5.74) is 1.68. The van der Waals surface area contributed by atoms with Crippen molar-refractivity contribution in [2.75, 3.05) is 0 Å². The van der Waals surface area contributed by atoms with E-state index < -0.39 is 5.97 Å². The van der Waals surface area contributed by atoms with Gasteiger partial charge in [0.25, 0.3) is 0 Å². The van der Waals surface area contributed by atoms with Crippen LogP contribution in [0.15, 0.2) is 29.4 Å². The van der Waals surface area contributed by atoms with Gasteiger partial charge in [0.15, 0.2) is 0 Å². The van der Waals surface area contributed by atoms with Crippen LogP contribution in [0.1, 0.15) is 25.0 Å². The fourth-order valence-electron chi connectivity index (χ4n) is 1.08. The summed E-state index contributed by atoms with van der Waals surface area (Å²) in [6.45, 7) is 2.95. The lowest BCUT2D eigenvalue weighted by Crippen LogP contribution is -2.01. The van der Waals surface area contributed by atoms with E-state index in [1.165, 1.54) is 6.92 Å². The van der Waals surface area contributed by atoms with Gasteiger partial charge in [0.05, 0.1) is 17.3 Å². The van der Waals surface area contributed by atoms with Crippen LogP contribution in [0.5, 0.6) is 0 Å². The summed E-state index contributed by atoms with van der Waals surface area (Å²) < 4.78 is 0. The number of hydrogen-bond acceptors (Lipinski definition) is 4. The van der Waals surface area contributed by atoms with Gasteiger partial charge in [-0.3, -0.25) is 0 Å². The van der Waals surface area contributed by atoms with Gasteiger partial charge in [0.1, 0.15) is 0 Å². The van der Waals surface area contributed by atoms with Crippen molar-refractivity contribution in [2.24, 2.45) is 5.16 Å². The Morgan fingerprint density at radius 2 is 2.07 bits per heavy atom. The molecule has 4 heteroatoms. The molecule has 0 heterocycles. The van der Waals surface area contributed by atoms with Crippen molar-refractivity contribution in [1.29, 1.82) is 5.26 Å². The maximum Gasteiger partial charge on any atom is 0.331 e. The molecule has 0 aliphatic rings. The predicted octanol–water partition coefficient (Wildman–Crippen LogP) is 1.85. The summed E-state index contributed by atoms with van der Waals surface area (Å²) in [5, 5.41) is 12.5. The maximum atomic E-state index is 10.5. The van der Waals surface area contributed by atoms with Gasteiger partial charge in [-0.25, -0.2) is 4.79 Å². The molecular formula is C11H10N2O2. The molecule has 0 N–H and O–H groups in total. The number of carbonyl (C=O) groups excluding carboxylic acids is 1. The van der Waals surface area contributed by atoms with Crippen molar-refractivity contribution in [3.05, 3.63) is 35.4 Å². The molecule has 0 saturated carbocycles. The van der Waals surface area contributed by atoms with Crippen LogP contribution in [-0.4, -0.2) is 11.7 Å². The third-order valence-corrected chi connectivity index (χ3v) is 1.75. The topological polar surface area (TPSA) is 62.4 Å². The molecule has 0 radical (unpaired) electrons. The van der Waals surface area contributed by atoms with E-state index in [0.717, 1.165) is 0 Å². The molecule has 0 aromatic heterocycles. The molecule has 0 unspecified atom stereocenters. The normalized spacial score (nSPS) is 10.6. The lowest BCUT2D eigenvalue weighted by Gasteiger charge is -2.01. The van der Waals surface area contributed by atoms with Gasteiger partial charge >= 0.3 is 5.97 Å². The van der Waals surface area contributed by atoms with E-state index >= 15 is 0 Å². The third-order valence-electron chi connectivity index (χ3n) is 1.75. The van der Waals surface area contributed by atoms with Crippen LogP contribution < -0.4 is 0 Å². The number of rotatable bonds is 2. The highest BCUT2D eigenvalue weighted by Gasteiger charge is 2.04. The zero-order valence-electron chi connectivity index (χ0n) is 8.52. The van der Waals surface area contributed by atoms with Crippen LogP contribution in [0.3, 0.4) is 0 Å². The molecule has 0 bridgehead atoms. The second-order valence-electron chi connectivity index (χ2n) is 2.92. The van der Waals surface area contributed by atoms with Crippen molar-refractivity contribution in [3.63, 3.8) is 0 Å². The molecule has 0 fully saturated rings. The minimum absolute atomic E-state index is 0.483. The molecule has 0 aliphatic carbocycles. The SMILES string of the molecule is CC(=O)O/N=C(\C)c1ccccc1C#N. The molecular weight excluding hydrogens is 192 g/mol. The van der Waals surface area contributed by atoms with Gasteiger partial charge in [-0.15, -0.1) is 0 Å². The lowest BCUT2D eigenvalue weighted by atomic mass is 10.1. The molecule has 0 aliphatic heterocycles. The Morgan fingerprint density at radius 1 is 1.40 bits per heavy atom. The number of nitrogens with zero attached hydrogens (tertiary/aromatic N) is 2. The average Bonchev–Trinajstić information content (AvgIpc) is 2.25. The average molecular weight is 202 g/mol. The summed E-state index contributed by atoms with van der Waals surface area (Å²) in [6, 6.07) is 9.04. The van der Waals surface area contributed by atoms with Crippen molar-refractivity contribution < 1.29 is 9.63 Å². The van der Waals surface area contributed by atoms with E-state index in [-0.39, 0.29) is 0 Å². The van der Waals surface area contributed by atoms with Crippen LogP contribution in [0.4, 0.5) is 0 Å². The first kappa shape index (κ1) is 10.9. The monoisotopic (exact) mass is 202 g/mol. The highest BCUT2D eigenvalue weighted by molar-refractivity contribution is 6.00. The second kappa shape index (κ2) is 4.91. The molecule has 0 amide bonds. The summed E-state index contributed by atoms with van der Waals surface area (Å²) in [5.74, 6) is -0.483. The Kier molecular flexibility index (Phi) is 3.58. The van der Waals surface area contributed by atoms with Gasteiger partial charge < -0.3 is 4.84 Å². The highest BCUT2D eigenvalue weighted by atomic mass is 16.7. The molecule has 76 valence electrons. The zero-order valence-corrected chi connectivity index (χ0v) is 8.52. The second-order valence-corrected chi connectivity index (χ2v) is 2.92. The first-order chi connectivity index (χ1) is 7.15. The first-order valence-electron chi connectivity index (χ1n) is 4.37. The smallest absolute Gasteiger partial charge is 0.318 e. The van der Waals surface area contributed by atoms with E-state index in [4.69, 9.17) is 5.26 Å². The van der Waals surface area contributed by atoms with Crippen molar-refractivity contribution in [2.45, 2.75) is 13.8 Å². The van der Waals surface area contributed by atoms with E-state index in [1.807, 2.05) is 6.07 Å². The zero-order chi connectivity index (χ0) is 11.3. The number of carbonyl (C=O) groups is 1. The molecule has 4 nitrogen and oxygen atoms in total. The van der Waals surface area contributed by atoms with Gasteiger partial charge in [0.2, 0.25) is 0 Å². The van der Waals surface area contributed by atoms with Gasteiger partial charge in [-0.1, -0.05) is 23.4 Å². The molecule has 0 atom stereocenters. The number of hydrogen-bond donors (Lipinski definition) is 0. The molecule has 15 heavy (non-hydrogen) atoms. The van der Waals surface area contributed by atoms with Gasteiger partial charge in [-0.05, 0) is 13.0 Å². The Hall–Kier alpha value is -2.15. The fourth-order valence-corrected chi connectivity index (χ4v) is 1.08. The van der Waals surface area contributed by atoms with Crippen molar-refractivity contribution >= 4 is 11.7 Å². The minimum atomic E-state index is -0.483. The molecule has 1 aromatic carbocycles. The third kappa shape index (κ3) is 2.92. The summed E-state index contributed by atoms with van der Waals surface area (Å²) in [4.78, 5) is 15.0. The summed E-state index contributed by atoms with van der Waals surface area (Å²) in [7, 11) is 0. The standard InChI is InChI=1S/C11H10N2O2/c1-8(13-15-9(2)14)11-6-4-3-5-10(11)7-12/h3-6H,1-2H3/b13-8+. The Balaban J connectivity index is 3.01. The molecule has 1 rings (SSSR count). The summed E-state index contributed by atoms with van der Waals surface area (Å²) >= 11 is 0. The maximum absolute atomic E-state index is 10.5. The Bertz CT molecular complexity index is 444. The van der Waals surface area contributed by atoms with Crippen molar-refractivity contribution in [3.8, 4) is 6.07 Å². The van der Waals surface area contributed by atoms with Crippen LogP contribution in [0.25, 0.3) is 0 Å². The van der Waals surface area contributed by atoms with Crippen molar-refractivity contribution in [1.82, 2.24) is 0 Å². The van der Waals surface area contributed by atoms with E-state index in [1.54, 1.807) is 31.2 Å². The van der Waals surface area contributed by atoms with E-state index in [0.29, 0.717) is 16.8 Å². The lowest BCUT2D eigenvalue weighted by molar-refractivity contribution is -0.140. The Labute approximate surface area is 87.8 Å². The molecule has 0 spiro atoms. The molecule has 1 aromatic rings. The fraction of sp³-hybridized carbons (Fsp3) is 0.182. The van der Waals surface area contributed by atoms with E-state index in [2.05, 4.69) is 9.99 Å². The predicted molar refractivity (Wildman–Crippen MR) is 55.1 cm³/mol. The number of nitriles is 1. The van der Waals surface area contributed by atoms with Crippen LogP contribution in [0.2, 0.25) is 0 Å². The molecule has 0 saturated heterocycles. The number of oxime groups is 1. The first-order valence-corrected chi connectivity index (χ1v) is 4.37. The Morgan fingerprint density at radius 3 is 2.67 bits per heavy atom. The van der Waals surface area contributed by atoms with Crippen LogP contribution in [0, 0.1) is 11.3 Å². The van der Waals surface area contributed by atoms with Crippen LogP contribution in [-0.2, 0) is 9.63 Å². The van der Waals surface area contributed by atoms with E-state index in [9.17, 15) is 4.79 Å². The number of benzene rings is 1. The van der Waals surface area contributed by atoms with Gasteiger partial charge in [0, 0.05) is 12.5 Å². The van der Waals surface area contributed by atoms with Gasteiger partial charge in [-0.2, -0.15) is 5.26 Å².